The number of fused-ring (bicyclic) bond motifs is 1. The molecule has 0 unspecified atom stereocenters. The summed E-state index contributed by atoms with van der Waals surface area (Å²) in [7, 11) is 0. The summed E-state index contributed by atoms with van der Waals surface area (Å²) in [5, 5.41) is 6.97. The van der Waals surface area contributed by atoms with Crippen molar-refractivity contribution in [2.45, 2.75) is 25.6 Å². The minimum Gasteiger partial charge on any atom is -0.351 e. The zero-order valence-electron chi connectivity index (χ0n) is 11.6. The Kier molecular flexibility index (Phi) is 4.23. The van der Waals surface area contributed by atoms with E-state index in [4.69, 9.17) is 11.6 Å². The highest BCUT2D eigenvalue weighted by Gasteiger charge is 2.23. The molecule has 1 aliphatic rings. The maximum atomic E-state index is 12.2. The minimum atomic E-state index is -0.160. The molecule has 4 heteroatoms. The van der Waals surface area contributed by atoms with E-state index in [-0.39, 0.29) is 11.9 Å². The van der Waals surface area contributed by atoms with Crippen LogP contribution in [-0.4, -0.2) is 11.9 Å². The van der Waals surface area contributed by atoms with Crippen molar-refractivity contribution >= 4 is 17.5 Å². The van der Waals surface area contributed by atoms with Crippen molar-refractivity contribution in [3.8, 4) is 0 Å². The minimum absolute atomic E-state index is 0.0412. The summed E-state index contributed by atoms with van der Waals surface area (Å²) in [6.45, 7) is 1.27. The normalized spacial score (nSPS) is 17.1. The number of halogens is 1. The van der Waals surface area contributed by atoms with Gasteiger partial charge in [-0.15, -0.1) is 0 Å². The first-order valence-electron chi connectivity index (χ1n) is 7.05. The Morgan fingerprint density at radius 1 is 1.14 bits per heavy atom. The van der Waals surface area contributed by atoms with Crippen LogP contribution in [0.15, 0.2) is 48.5 Å². The molecule has 1 amide bonds. The maximum absolute atomic E-state index is 12.2. The second-order valence-electron chi connectivity index (χ2n) is 5.25. The van der Waals surface area contributed by atoms with Gasteiger partial charge in [-0.3, -0.25) is 4.79 Å². The Balaban J connectivity index is 1.58. The third-order valence-electron chi connectivity index (χ3n) is 3.78. The summed E-state index contributed by atoms with van der Waals surface area (Å²) in [6.07, 6.45) is 0.739. The summed E-state index contributed by atoms with van der Waals surface area (Å²) >= 11 is 5.85. The van der Waals surface area contributed by atoms with Crippen molar-refractivity contribution in [3.63, 3.8) is 0 Å². The van der Waals surface area contributed by atoms with E-state index in [0.29, 0.717) is 11.6 Å². The highest BCUT2D eigenvalue weighted by molar-refractivity contribution is 6.30. The molecule has 0 radical (unpaired) electrons. The van der Waals surface area contributed by atoms with Crippen LogP contribution in [0.1, 0.15) is 16.7 Å². The van der Waals surface area contributed by atoms with Crippen molar-refractivity contribution in [3.05, 3.63) is 70.2 Å². The van der Waals surface area contributed by atoms with Gasteiger partial charge in [0.2, 0.25) is 5.91 Å². The fraction of sp³-hybridized carbons (Fsp3) is 0.235. The van der Waals surface area contributed by atoms with Crippen LogP contribution in [-0.2, 0) is 24.3 Å². The van der Waals surface area contributed by atoms with Gasteiger partial charge in [0.05, 0.1) is 6.04 Å². The Labute approximate surface area is 129 Å². The first-order chi connectivity index (χ1) is 10.2. The molecular formula is C17H17ClN2O. The van der Waals surface area contributed by atoms with E-state index in [1.165, 1.54) is 11.1 Å². The first-order valence-corrected chi connectivity index (χ1v) is 7.42. The van der Waals surface area contributed by atoms with Gasteiger partial charge in [0.25, 0.3) is 0 Å². The predicted molar refractivity (Wildman–Crippen MR) is 84.1 cm³/mol. The van der Waals surface area contributed by atoms with Crippen LogP contribution in [0.2, 0.25) is 5.02 Å². The molecular weight excluding hydrogens is 284 g/mol. The lowest BCUT2D eigenvalue weighted by Crippen LogP contribution is -2.47. The van der Waals surface area contributed by atoms with Gasteiger partial charge in [-0.2, -0.15) is 0 Å². The molecule has 0 saturated heterocycles. The molecule has 2 aromatic carbocycles. The third-order valence-corrected chi connectivity index (χ3v) is 4.03. The van der Waals surface area contributed by atoms with E-state index in [1.54, 1.807) is 0 Å². The molecule has 0 bridgehead atoms. The van der Waals surface area contributed by atoms with Crippen LogP contribution >= 0.6 is 11.6 Å². The number of carbonyl (C=O) groups excluding carboxylic acids is 1. The molecule has 2 aromatic rings. The molecule has 0 spiro atoms. The van der Waals surface area contributed by atoms with Gasteiger partial charge in [-0.05, 0) is 35.2 Å². The van der Waals surface area contributed by atoms with Crippen molar-refractivity contribution in [1.29, 1.82) is 0 Å². The van der Waals surface area contributed by atoms with E-state index in [0.717, 1.165) is 18.5 Å². The number of hydrogen-bond donors (Lipinski definition) is 2. The number of benzene rings is 2. The summed E-state index contributed by atoms with van der Waals surface area (Å²) in [5.41, 5.74) is 3.58. The molecule has 1 atom stereocenters. The monoisotopic (exact) mass is 300 g/mol. The van der Waals surface area contributed by atoms with Crippen LogP contribution in [0.5, 0.6) is 0 Å². The lowest BCUT2D eigenvalue weighted by Gasteiger charge is -2.25. The predicted octanol–water partition coefficient (Wildman–Crippen LogP) is 2.67. The fourth-order valence-electron chi connectivity index (χ4n) is 2.55. The van der Waals surface area contributed by atoms with Gasteiger partial charge in [-0.1, -0.05) is 48.0 Å². The van der Waals surface area contributed by atoms with E-state index in [1.807, 2.05) is 36.4 Å². The van der Waals surface area contributed by atoms with Crippen LogP contribution < -0.4 is 10.6 Å². The SMILES string of the molecule is O=C(NCc1ccc(Cl)cc1)[C@H]1Cc2ccccc2CN1. The fourth-order valence-corrected chi connectivity index (χ4v) is 2.68. The molecule has 0 aliphatic carbocycles. The van der Waals surface area contributed by atoms with Gasteiger partial charge >= 0.3 is 0 Å². The number of amides is 1. The van der Waals surface area contributed by atoms with E-state index in [2.05, 4.69) is 22.8 Å². The highest BCUT2D eigenvalue weighted by atomic mass is 35.5. The van der Waals surface area contributed by atoms with Gasteiger partial charge < -0.3 is 10.6 Å². The van der Waals surface area contributed by atoms with Crippen molar-refractivity contribution in [1.82, 2.24) is 10.6 Å². The molecule has 0 saturated carbocycles. The van der Waals surface area contributed by atoms with Gasteiger partial charge in [0.15, 0.2) is 0 Å². The quantitative estimate of drug-likeness (QED) is 0.915. The molecule has 0 aromatic heterocycles. The molecule has 1 heterocycles. The average Bonchev–Trinajstić information content (AvgIpc) is 2.53. The molecule has 3 rings (SSSR count). The van der Waals surface area contributed by atoms with E-state index >= 15 is 0 Å². The highest BCUT2D eigenvalue weighted by Crippen LogP contribution is 2.16. The summed E-state index contributed by atoms with van der Waals surface area (Å²) in [5.74, 6) is 0.0412. The van der Waals surface area contributed by atoms with Crippen LogP contribution in [0.4, 0.5) is 0 Å². The number of carbonyl (C=O) groups is 1. The molecule has 2 N–H and O–H groups in total. The summed E-state index contributed by atoms with van der Waals surface area (Å²) in [6, 6.07) is 15.6. The van der Waals surface area contributed by atoms with Crippen molar-refractivity contribution in [2.24, 2.45) is 0 Å². The van der Waals surface area contributed by atoms with Gasteiger partial charge in [0, 0.05) is 18.1 Å². The Morgan fingerprint density at radius 2 is 1.86 bits per heavy atom. The second-order valence-corrected chi connectivity index (χ2v) is 5.69. The molecule has 0 fully saturated rings. The zero-order valence-corrected chi connectivity index (χ0v) is 12.4. The summed E-state index contributed by atoms with van der Waals surface area (Å²) in [4.78, 5) is 12.2. The maximum Gasteiger partial charge on any atom is 0.237 e. The van der Waals surface area contributed by atoms with Crippen LogP contribution in [0.25, 0.3) is 0 Å². The van der Waals surface area contributed by atoms with Gasteiger partial charge in [0.1, 0.15) is 0 Å². The van der Waals surface area contributed by atoms with Crippen molar-refractivity contribution < 1.29 is 4.79 Å². The molecule has 1 aliphatic heterocycles. The Bertz CT molecular complexity index is 639. The molecule has 21 heavy (non-hydrogen) atoms. The number of rotatable bonds is 3. The first kappa shape index (κ1) is 14.1. The largest absolute Gasteiger partial charge is 0.351 e. The van der Waals surface area contributed by atoms with Gasteiger partial charge in [-0.25, -0.2) is 0 Å². The Hall–Kier alpha value is -1.84. The van der Waals surface area contributed by atoms with E-state index in [9.17, 15) is 4.79 Å². The van der Waals surface area contributed by atoms with Crippen molar-refractivity contribution in [2.75, 3.05) is 0 Å². The molecule has 108 valence electrons. The molecule has 3 nitrogen and oxygen atoms in total. The standard InChI is InChI=1S/C17H17ClN2O/c18-15-7-5-12(6-8-15)10-20-17(21)16-9-13-3-1-2-4-14(13)11-19-16/h1-8,16,19H,9-11H2,(H,20,21)/t16-/m1/s1. The number of nitrogens with one attached hydrogen (secondary N) is 2. The summed E-state index contributed by atoms with van der Waals surface area (Å²) < 4.78 is 0. The zero-order chi connectivity index (χ0) is 14.7. The van der Waals surface area contributed by atoms with Crippen LogP contribution in [0.3, 0.4) is 0 Å². The third kappa shape index (κ3) is 3.43. The topological polar surface area (TPSA) is 41.1 Å². The average molecular weight is 301 g/mol. The lowest BCUT2D eigenvalue weighted by molar-refractivity contribution is -0.123. The second kappa shape index (κ2) is 6.29. The van der Waals surface area contributed by atoms with E-state index < -0.39 is 0 Å². The Morgan fingerprint density at radius 3 is 2.62 bits per heavy atom. The smallest absolute Gasteiger partial charge is 0.237 e. The van der Waals surface area contributed by atoms with Crippen LogP contribution in [0, 0.1) is 0 Å². The lowest BCUT2D eigenvalue weighted by atomic mass is 9.95. The number of hydrogen-bond acceptors (Lipinski definition) is 2.